The zero-order chi connectivity index (χ0) is 7.90. The van der Waals surface area contributed by atoms with Crippen LogP contribution < -0.4 is 5.32 Å². The number of halogens is 1. The summed E-state index contributed by atoms with van der Waals surface area (Å²) < 4.78 is 0. The second-order valence-electron chi connectivity index (χ2n) is 4.54. The van der Waals surface area contributed by atoms with Gasteiger partial charge in [0.25, 0.3) is 0 Å². The quantitative estimate of drug-likeness (QED) is 0.702. The number of likely N-dealkylation sites (N-methyl/N-ethyl adjacent to an activating group) is 1. The third kappa shape index (κ3) is 2.12. The van der Waals surface area contributed by atoms with Crippen LogP contribution in [0.2, 0.25) is 0 Å². The molecule has 1 aliphatic carbocycles. The van der Waals surface area contributed by atoms with Gasteiger partial charge < -0.3 is 10.2 Å². The average molecular weight is 191 g/mol. The van der Waals surface area contributed by atoms with E-state index in [4.69, 9.17) is 0 Å². The highest BCUT2D eigenvalue weighted by atomic mass is 35.5. The molecule has 3 heteroatoms. The maximum Gasteiger partial charge on any atom is 0.0200 e. The second-order valence-corrected chi connectivity index (χ2v) is 4.54. The minimum atomic E-state index is 0. The smallest absolute Gasteiger partial charge is 0.0200 e. The van der Waals surface area contributed by atoms with E-state index in [0.29, 0.717) is 0 Å². The molecule has 12 heavy (non-hydrogen) atoms. The van der Waals surface area contributed by atoms with Gasteiger partial charge in [0, 0.05) is 19.1 Å². The highest BCUT2D eigenvalue weighted by molar-refractivity contribution is 5.85. The standard InChI is InChI=1S/C9H18N2.ClH/c1-11(2)6-8-5-9(3-4-9)7-10-8;/h8,10H,3-7H2,1-2H3;1H/t8-;/m0./s1. The van der Waals surface area contributed by atoms with Gasteiger partial charge in [-0.05, 0) is 38.8 Å². The van der Waals surface area contributed by atoms with Gasteiger partial charge >= 0.3 is 0 Å². The van der Waals surface area contributed by atoms with Gasteiger partial charge in [-0.2, -0.15) is 0 Å². The largest absolute Gasteiger partial charge is 0.312 e. The SMILES string of the molecule is CN(C)C[C@@H]1CC2(CC2)CN1.Cl. The normalized spacial score (nSPS) is 30.8. The molecule has 0 aromatic heterocycles. The van der Waals surface area contributed by atoms with E-state index in [1.165, 1.54) is 32.4 Å². The zero-order valence-corrected chi connectivity index (χ0v) is 8.78. The maximum absolute atomic E-state index is 3.60. The van der Waals surface area contributed by atoms with Gasteiger partial charge in [-0.1, -0.05) is 0 Å². The van der Waals surface area contributed by atoms with Gasteiger partial charge in [0.1, 0.15) is 0 Å². The lowest BCUT2D eigenvalue weighted by Crippen LogP contribution is -2.33. The monoisotopic (exact) mass is 190 g/mol. The van der Waals surface area contributed by atoms with Crippen LogP contribution in [0.15, 0.2) is 0 Å². The van der Waals surface area contributed by atoms with E-state index in [-0.39, 0.29) is 12.4 Å². The van der Waals surface area contributed by atoms with Crippen molar-refractivity contribution in [1.29, 1.82) is 0 Å². The Morgan fingerprint density at radius 1 is 1.42 bits per heavy atom. The first-order valence-corrected chi connectivity index (χ1v) is 4.58. The second kappa shape index (κ2) is 3.52. The van der Waals surface area contributed by atoms with E-state index in [2.05, 4.69) is 24.3 Å². The number of hydrogen-bond donors (Lipinski definition) is 1. The van der Waals surface area contributed by atoms with Crippen LogP contribution in [0, 0.1) is 5.41 Å². The molecule has 2 fully saturated rings. The van der Waals surface area contributed by atoms with Crippen molar-refractivity contribution < 1.29 is 0 Å². The average Bonchev–Trinajstić information content (AvgIpc) is 2.51. The van der Waals surface area contributed by atoms with E-state index < -0.39 is 0 Å². The Hall–Kier alpha value is 0.210. The fourth-order valence-electron chi connectivity index (χ4n) is 2.16. The number of nitrogens with zero attached hydrogens (tertiary/aromatic N) is 1. The molecule has 1 N–H and O–H groups in total. The van der Waals surface area contributed by atoms with Gasteiger partial charge in [-0.25, -0.2) is 0 Å². The molecular weight excluding hydrogens is 172 g/mol. The summed E-state index contributed by atoms with van der Waals surface area (Å²) in [7, 11) is 4.30. The molecule has 1 atom stereocenters. The Bertz CT molecular complexity index is 155. The van der Waals surface area contributed by atoms with Crippen LogP contribution in [-0.4, -0.2) is 38.1 Å². The van der Waals surface area contributed by atoms with Crippen LogP contribution in [0.25, 0.3) is 0 Å². The predicted octanol–water partition coefficient (Wildman–Crippen LogP) is 1.11. The van der Waals surface area contributed by atoms with Crippen molar-refractivity contribution in [2.45, 2.75) is 25.3 Å². The van der Waals surface area contributed by atoms with Crippen LogP contribution in [0.5, 0.6) is 0 Å². The Kier molecular flexibility index (Phi) is 3.02. The number of rotatable bonds is 2. The highest BCUT2D eigenvalue weighted by Gasteiger charge is 2.47. The molecule has 1 heterocycles. The minimum Gasteiger partial charge on any atom is -0.312 e. The summed E-state index contributed by atoms with van der Waals surface area (Å²) in [6, 6.07) is 0.771. The molecule has 0 amide bonds. The van der Waals surface area contributed by atoms with E-state index in [1.54, 1.807) is 0 Å². The van der Waals surface area contributed by atoms with Crippen molar-refractivity contribution in [3.05, 3.63) is 0 Å². The molecule has 1 saturated heterocycles. The lowest BCUT2D eigenvalue weighted by atomic mass is 10.0. The first-order valence-electron chi connectivity index (χ1n) is 4.58. The minimum absolute atomic E-state index is 0. The van der Waals surface area contributed by atoms with Crippen molar-refractivity contribution in [2.24, 2.45) is 5.41 Å². The fraction of sp³-hybridized carbons (Fsp3) is 1.00. The van der Waals surface area contributed by atoms with E-state index in [9.17, 15) is 0 Å². The molecule has 0 aromatic rings. The van der Waals surface area contributed by atoms with Crippen LogP contribution in [0.1, 0.15) is 19.3 Å². The van der Waals surface area contributed by atoms with Crippen LogP contribution >= 0.6 is 12.4 Å². The molecule has 1 saturated carbocycles. The summed E-state index contributed by atoms with van der Waals surface area (Å²) in [5.41, 5.74) is 0.765. The third-order valence-corrected chi connectivity index (χ3v) is 2.99. The molecule has 1 spiro atoms. The molecule has 0 radical (unpaired) electrons. The first kappa shape index (κ1) is 10.3. The molecular formula is C9H19ClN2. The molecule has 0 bridgehead atoms. The fourth-order valence-corrected chi connectivity index (χ4v) is 2.16. The Balaban J connectivity index is 0.000000720. The summed E-state index contributed by atoms with van der Waals surface area (Å²) in [6.07, 6.45) is 4.37. The molecule has 0 unspecified atom stereocenters. The molecule has 2 nitrogen and oxygen atoms in total. The molecule has 1 aliphatic heterocycles. The number of hydrogen-bond acceptors (Lipinski definition) is 2. The topological polar surface area (TPSA) is 15.3 Å². The van der Waals surface area contributed by atoms with Crippen molar-refractivity contribution in [3.63, 3.8) is 0 Å². The molecule has 0 aromatic carbocycles. The zero-order valence-electron chi connectivity index (χ0n) is 7.97. The van der Waals surface area contributed by atoms with Crippen molar-refractivity contribution >= 4 is 12.4 Å². The Labute approximate surface area is 81.1 Å². The number of nitrogens with one attached hydrogen (secondary N) is 1. The van der Waals surface area contributed by atoms with E-state index in [1.807, 2.05) is 0 Å². The summed E-state index contributed by atoms with van der Waals surface area (Å²) in [5, 5.41) is 3.60. The van der Waals surface area contributed by atoms with Crippen LogP contribution in [0.3, 0.4) is 0 Å². The van der Waals surface area contributed by atoms with Gasteiger partial charge in [0.15, 0.2) is 0 Å². The van der Waals surface area contributed by atoms with Crippen molar-refractivity contribution in [2.75, 3.05) is 27.2 Å². The van der Waals surface area contributed by atoms with Crippen LogP contribution in [0.4, 0.5) is 0 Å². The Morgan fingerprint density at radius 3 is 2.50 bits per heavy atom. The maximum atomic E-state index is 3.60. The summed E-state index contributed by atoms with van der Waals surface area (Å²) >= 11 is 0. The molecule has 2 rings (SSSR count). The highest BCUT2D eigenvalue weighted by Crippen LogP contribution is 2.51. The Morgan fingerprint density at radius 2 is 2.08 bits per heavy atom. The third-order valence-electron chi connectivity index (χ3n) is 2.99. The van der Waals surface area contributed by atoms with E-state index >= 15 is 0 Å². The lowest BCUT2D eigenvalue weighted by molar-refractivity contribution is 0.352. The first-order chi connectivity index (χ1) is 5.20. The summed E-state index contributed by atoms with van der Waals surface area (Å²) in [6.45, 7) is 2.49. The van der Waals surface area contributed by atoms with Gasteiger partial charge in [0.05, 0.1) is 0 Å². The van der Waals surface area contributed by atoms with Gasteiger partial charge in [-0.3, -0.25) is 0 Å². The molecule has 72 valence electrons. The summed E-state index contributed by atoms with van der Waals surface area (Å²) in [4.78, 5) is 2.28. The van der Waals surface area contributed by atoms with Gasteiger partial charge in [-0.15, -0.1) is 12.4 Å². The molecule has 2 aliphatic rings. The van der Waals surface area contributed by atoms with Gasteiger partial charge in [0.2, 0.25) is 0 Å². The summed E-state index contributed by atoms with van der Waals surface area (Å²) in [5.74, 6) is 0. The van der Waals surface area contributed by atoms with Crippen molar-refractivity contribution in [1.82, 2.24) is 10.2 Å². The van der Waals surface area contributed by atoms with Crippen LogP contribution in [-0.2, 0) is 0 Å². The predicted molar refractivity (Wildman–Crippen MR) is 53.9 cm³/mol. The lowest BCUT2D eigenvalue weighted by Gasteiger charge is -2.15. The van der Waals surface area contributed by atoms with Crippen molar-refractivity contribution in [3.8, 4) is 0 Å². The van der Waals surface area contributed by atoms with E-state index in [0.717, 1.165) is 11.5 Å².